The molecule has 2 amide bonds. The van der Waals surface area contributed by atoms with Crippen LogP contribution < -0.4 is 15.0 Å². The molecule has 3 heterocycles. The van der Waals surface area contributed by atoms with Crippen molar-refractivity contribution in [1.82, 2.24) is 15.1 Å². The molecule has 0 unspecified atom stereocenters. The lowest BCUT2D eigenvalue weighted by Crippen LogP contribution is -2.49. The summed E-state index contributed by atoms with van der Waals surface area (Å²) in [5, 5.41) is 11.2. The molecule has 0 spiro atoms. The highest BCUT2D eigenvalue weighted by molar-refractivity contribution is 6.34. The predicted molar refractivity (Wildman–Crippen MR) is 121 cm³/mol. The van der Waals surface area contributed by atoms with E-state index in [0.29, 0.717) is 35.4 Å². The first kappa shape index (κ1) is 22.9. The van der Waals surface area contributed by atoms with Crippen molar-refractivity contribution in [3.05, 3.63) is 70.2 Å². The summed E-state index contributed by atoms with van der Waals surface area (Å²) in [6.45, 7) is 0.935. The molecule has 0 radical (unpaired) electrons. The number of halogens is 4. The maximum Gasteiger partial charge on any atom is 0.417 e. The summed E-state index contributed by atoms with van der Waals surface area (Å²) in [5.74, 6) is -0.432. The molecule has 0 saturated carbocycles. The molecule has 2 aliphatic rings. The van der Waals surface area contributed by atoms with Crippen LogP contribution >= 0.6 is 11.6 Å². The first-order valence-corrected chi connectivity index (χ1v) is 11.0. The number of para-hydroxylation sites is 1. The van der Waals surface area contributed by atoms with Crippen molar-refractivity contribution >= 4 is 34.9 Å². The van der Waals surface area contributed by atoms with Gasteiger partial charge in [0.05, 0.1) is 16.1 Å². The largest absolute Gasteiger partial charge is 0.435 e. The molecule has 2 aromatic carbocycles. The van der Waals surface area contributed by atoms with Crippen molar-refractivity contribution < 1.29 is 27.5 Å². The Balaban J connectivity index is 1.32. The second kappa shape index (κ2) is 8.73. The fourth-order valence-corrected chi connectivity index (χ4v) is 4.20. The zero-order valence-corrected chi connectivity index (χ0v) is 18.7. The molecule has 1 aromatic heterocycles. The number of aromatic nitrogens is 2. The summed E-state index contributed by atoms with van der Waals surface area (Å²) >= 11 is 6.16. The fourth-order valence-electron chi connectivity index (χ4n) is 3.98. The SMILES string of the molecule is O=C1Nc2c(Cl)cccc2Oc2nnc(N3CCN(C(=O)c4ccccc4C(F)(F)F)CC3)cc21. The van der Waals surface area contributed by atoms with Gasteiger partial charge < -0.3 is 19.9 Å². The van der Waals surface area contributed by atoms with Gasteiger partial charge in [0, 0.05) is 32.2 Å². The first-order valence-electron chi connectivity index (χ1n) is 10.6. The van der Waals surface area contributed by atoms with E-state index in [9.17, 15) is 22.8 Å². The van der Waals surface area contributed by atoms with Crippen LogP contribution in [0.5, 0.6) is 11.6 Å². The van der Waals surface area contributed by atoms with Crippen molar-refractivity contribution in [3.8, 4) is 11.6 Å². The number of carbonyl (C=O) groups excluding carboxylic acids is 2. The van der Waals surface area contributed by atoms with Gasteiger partial charge in [0.1, 0.15) is 11.3 Å². The number of fused-ring (bicyclic) bond motifs is 2. The number of amides is 2. The molecular weight excluding hydrogens is 487 g/mol. The van der Waals surface area contributed by atoms with Gasteiger partial charge in [-0.1, -0.05) is 29.8 Å². The van der Waals surface area contributed by atoms with Gasteiger partial charge in [-0.2, -0.15) is 13.2 Å². The van der Waals surface area contributed by atoms with Crippen molar-refractivity contribution in [2.75, 3.05) is 36.4 Å². The van der Waals surface area contributed by atoms with E-state index in [-0.39, 0.29) is 30.1 Å². The smallest absolute Gasteiger partial charge is 0.417 e. The molecule has 3 aromatic rings. The van der Waals surface area contributed by atoms with Gasteiger partial charge in [-0.25, -0.2) is 0 Å². The monoisotopic (exact) mass is 503 g/mol. The maximum atomic E-state index is 13.3. The van der Waals surface area contributed by atoms with Gasteiger partial charge in [0.25, 0.3) is 17.7 Å². The van der Waals surface area contributed by atoms with E-state index >= 15 is 0 Å². The molecule has 180 valence electrons. The number of hydrogen-bond donors (Lipinski definition) is 1. The minimum Gasteiger partial charge on any atom is -0.435 e. The van der Waals surface area contributed by atoms with E-state index in [0.717, 1.165) is 6.07 Å². The Hall–Kier alpha value is -3.86. The van der Waals surface area contributed by atoms with Crippen LogP contribution in [0.15, 0.2) is 48.5 Å². The molecule has 2 aliphatic heterocycles. The van der Waals surface area contributed by atoms with Gasteiger partial charge in [-0.05, 0) is 24.3 Å². The van der Waals surface area contributed by atoms with Gasteiger partial charge >= 0.3 is 6.18 Å². The van der Waals surface area contributed by atoms with Gasteiger partial charge in [0.15, 0.2) is 11.6 Å². The van der Waals surface area contributed by atoms with Crippen LogP contribution in [0.1, 0.15) is 26.3 Å². The van der Waals surface area contributed by atoms with Crippen LogP contribution in [0.2, 0.25) is 5.02 Å². The quantitative estimate of drug-likeness (QED) is 0.555. The van der Waals surface area contributed by atoms with Gasteiger partial charge in [0.2, 0.25) is 0 Å². The third kappa shape index (κ3) is 4.34. The Labute approximate surface area is 202 Å². The number of hydrogen-bond acceptors (Lipinski definition) is 6. The number of carbonyl (C=O) groups is 2. The average Bonchev–Trinajstić information content (AvgIpc) is 2.99. The molecule has 0 atom stereocenters. The third-order valence-corrected chi connectivity index (χ3v) is 6.08. The molecule has 8 nitrogen and oxygen atoms in total. The fraction of sp³-hybridized carbons (Fsp3) is 0.217. The van der Waals surface area contributed by atoms with Crippen molar-refractivity contribution in [3.63, 3.8) is 0 Å². The normalized spacial score (nSPS) is 15.5. The number of piperazine rings is 1. The van der Waals surface area contributed by atoms with Crippen LogP contribution in [0.25, 0.3) is 0 Å². The molecule has 0 bridgehead atoms. The Bertz CT molecular complexity index is 1330. The third-order valence-electron chi connectivity index (χ3n) is 5.77. The highest BCUT2D eigenvalue weighted by Crippen LogP contribution is 2.39. The number of rotatable bonds is 2. The van der Waals surface area contributed by atoms with E-state index in [1.807, 2.05) is 0 Å². The molecule has 1 N–H and O–H groups in total. The molecule has 35 heavy (non-hydrogen) atoms. The number of benzene rings is 2. The van der Waals surface area contributed by atoms with Crippen LogP contribution in [0.4, 0.5) is 24.7 Å². The molecule has 1 fully saturated rings. The minimum atomic E-state index is -4.63. The number of ether oxygens (including phenoxy) is 1. The standard InChI is InChI=1S/C23H17ClF3N5O3/c24-16-6-3-7-17-19(16)28-20(33)14-12-18(29-30-21(14)35-17)31-8-10-32(11-9-31)22(34)13-4-1-2-5-15(13)23(25,26)27/h1-7,12H,8-11H2,(H,28,33). The first-order chi connectivity index (χ1) is 16.7. The zero-order chi connectivity index (χ0) is 24.7. The summed E-state index contributed by atoms with van der Waals surface area (Å²) in [6.07, 6.45) is -4.63. The van der Waals surface area contributed by atoms with E-state index in [1.54, 1.807) is 23.1 Å². The highest BCUT2D eigenvalue weighted by atomic mass is 35.5. The van der Waals surface area contributed by atoms with Gasteiger partial charge in [-0.3, -0.25) is 9.59 Å². The Morgan fingerprint density at radius 1 is 1.03 bits per heavy atom. The van der Waals surface area contributed by atoms with Crippen LogP contribution in [-0.4, -0.2) is 53.1 Å². The summed E-state index contributed by atoms with van der Waals surface area (Å²) in [7, 11) is 0. The summed E-state index contributed by atoms with van der Waals surface area (Å²) in [6, 6.07) is 11.2. The van der Waals surface area contributed by atoms with Crippen molar-refractivity contribution in [1.29, 1.82) is 0 Å². The second-order valence-electron chi connectivity index (χ2n) is 7.91. The Kier molecular flexibility index (Phi) is 5.72. The molecule has 5 rings (SSSR count). The lowest BCUT2D eigenvalue weighted by atomic mass is 10.1. The predicted octanol–water partition coefficient (Wildman–Crippen LogP) is 4.47. The average molecular weight is 504 g/mol. The second-order valence-corrected chi connectivity index (χ2v) is 8.32. The van der Waals surface area contributed by atoms with Crippen molar-refractivity contribution in [2.45, 2.75) is 6.18 Å². The lowest BCUT2D eigenvalue weighted by Gasteiger charge is -2.35. The Morgan fingerprint density at radius 2 is 1.77 bits per heavy atom. The molecule has 12 heteroatoms. The molecule has 1 saturated heterocycles. The maximum absolute atomic E-state index is 13.3. The Morgan fingerprint density at radius 3 is 2.51 bits per heavy atom. The summed E-state index contributed by atoms with van der Waals surface area (Å²) < 4.78 is 45.7. The lowest BCUT2D eigenvalue weighted by molar-refractivity contribution is -0.138. The van der Waals surface area contributed by atoms with E-state index in [2.05, 4.69) is 15.5 Å². The van der Waals surface area contributed by atoms with E-state index in [4.69, 9.17) is 16.3 Å². The van der Waals surface area contributed by atoms with Gasteiger partial charge in [-0.15, -0.1) is 10.2 Å². The minimum absolute atomic E-state index is 0.0184. The highest BCUT2D eigenvalue weighted by Gasteiger charge is 2.36. The van der Waals surface area contributed by atoms with E-state index in [1.165, 1.54) is 29.2 Å². The topological polar surface area (TPSA) is 87.7 Å². The number of nitrogens with one attached hydrogen (secondary N) is 1. The van der Waals surface area contributed by atoms with Crippen LogP contribution in [0.3, 0.4) is 0 Å². The van der Waals surface area contributed by atoms with Crippen LogP contribution in [0, 0.1) is 0 Å². The van der Waals surface area contributed by atoms with Crippen molar-refractivity contribution in [2.24, 2.45) is 0 Å². The molecule has 0 aliphatic carbocycles. The van der Waals surface area contributed by atoms with E-state index < -0.39 is 23.6 Å². The zero-order valence-electron chi connectivity index (χ0n) is 18.0. The number of anilines is 2. The summed E-state index contributed by atoms with van der Waals surface area (Å²) in [5.41, 5.74) is -0.869. The number of alkyl halides is 3. The van der Waals surface area contributed by atoms with Crippen LogP contribution in [-0.2, 0) is 6.18 Å². The summed E-state index contributed by atoms with van der Waals surface area (Å²) in [4.78, 5) is 28.8. The molecular formula is C23H17ClF3N5O3. The number of nitrogens with zero attached hydrogens (tertiary/aromatic N) is 4.